The Morgan fingerprint density at radius 3 is 2.64 bits per heavy atom. The number of rotatable bonds is 7. The molecular weight excluding hydrogens is 499 g/mol. The van der Waals surface area contributed by atoms with Crippen molar-refractivity contribution in [2.75, 3.05) is 33.6 Å². The van der Waals surface area contributed by atoms with Crippen LogP contribution in [-0.4, -0.2) is 42.6 Å². The summed E-state index contributed by atoms with van der Waals surface area (Å²) in [6.07, 6.45) is -1.41. The Hall–Kier alpha value is -3.94. The van der Waals surface area contributed by atoms with Gasteiger partial charge in [-0.1, -0.05) is 0 Å². The van der Waals surface area contributed by atoms with Crippen molar-refractivity contribution in [1.29, 1.82) is 0 Å². The Balaban J connectivity index is 1.63. The van der Waals surface area contributed by atoms with Gasteiger partial charge in [0.2, 0.25) is 21.9 Å². The molecule has 3 N–H and O–H groups in total. The van der Waals surface area contributed by atoms with E-state index in [9.17, 15) is 26.4 Å². The minimum atomic E-state index is -4.74. The summed E-state index contributed by atoms with van der Waals surface area (Å²) in [4.78, 5) is 23.5. The zero-order valence-corrected chi connectivity index (χ0v) is 20.3. The molecule has 0 saturated heterocycles. The number of sulfonamides is 1. The molecule has 3 aromatic rings. The molecule has 1 aliphatic heterocycles. The van der Waals surface area contributed by atoms with Gasteiger partial charge in [0, 0.05) is 37.4 Å². The highest BCUT2D eigenvalue weighted by Crippen LogP contribution is 2.35. The van der Waals surface area contributed by atoms with Crippen LogP contribution in [0.4, 0.5) is 42.0 Å². The number of alkyl halides is 3. The Morgan fingerprint density at radius 1 is 1.19 bits per heavy atom. The lowest BCUT2D eigenvalue weighted by Gasteiger charge is -2.22. The topological polar surface area (TPSA) is 129 Å². The molecule has 190 valence electrons. The number of fused-ring (bicyclic) bond motifs is 1. The van der Waals surface area contributed by atoms with Gasteiger partial charge in [-0.15, -0.1) is 0 Å². The molecule has 0 atom stereocenters. The van der Waals surface area contributed by atoms with Crippen LogP contribution in [0.1, 0.15) is 22.4 Å². The first kappa shape index (κ1) is 25.2. The molecule has 0 unspecified atom stereocenters. The fraction of sp³-hybridized carbons (Fsp3) is 0.273. The summed E-state index contributed by atoms with van der Waals surface area (Å²) in [6.45, 7) is 1.44. The number of halogens is 3. The first-order chi connectivity index (χ1) is 16.8. The monoisotopic (exact) mass is 521 g/mol. The normalized spacial score (nSPS) is 13.2. The number of aryl methyl sites for hydroxylation is 1. The van der Waals surface area contributed by atoms with Gasteiger partial charge in [-0.05, 0) is 42.3 Å². The molecule has 1 aliphatic rings. The van der Waals surface area contributed by atoms with Gasteiger partial charge in [-0.2, -0.15) is 18.2 Å². The molecule has 36 heavy (non-hydrogen) atoms. The van der Waals surface area contributed by atoms with Crippen molar-refractivity contribution in [2.24, 2.45) is 0 Å². The van der Waals surface area contributed by atoms with E-state index in [1.54, 1.807) is 25.1 Å². The summed E-state index contributed by atoms with van der Waals surface area (Å²) < 4.78 is 66.2. The van der Waals surface area contributed by atoms with E-state index in [0.29, 0.717) is 28.8 Å². The van der Waals surface area contributed by atoms with Gasteiger partial charge in [0.05, 0.1) is 24.1 Å². The quantitative estimate of drug-likeness (QED) is 0.431. The second kappa shape index (κ2) is 9.26. The largest absolute Gasteiger partial charge is 0.421 e. The van der Waals surface area contributed by atoms with Crippen LogP contribution in [0.3, 0.4) is 0 Å². The number of nitrogens with one attached hydrogen (secondary N) is 3. The molecule has 10 nitrogen and oxygen atoms in total. The minimum Gasteiger partial charge on any atom is -0.365 e. The molecule has 3 heterocycles. The van der Waals surface area contributed by atoms with Gasteiger partial charge < -0.3 is 16.0 Å². The van der Waals surface area contributed by atoms with E-state index in [0.717, 1.165) is 16.1 Å². The Bertz CT molecular complexity index is 1450. The number of carbonyl (C=O) groups excluding carboxylic acids is 1. The van der Waals surface area contributed by atoms with Crippen LogP contribution in [0.25, 0.3) is 0 Å². The van der Waals surface area contributed by atoms with Crippen LogP contribution in [0.5, 0.6) is 0 Å². The van der Waals surface area contributed by atoms with Crippen molar-refractivity contribution < 1.29 is 26.4 Å². The van der Waals surface area contributed by atoms with E-state index in [1.165, 1.54) is 19.3 Å². The second-order valence-electron chi connectivity index (χ2n) is 8.16. The van der Waals surface area contributed by atoms with Gasteiger partial charge in [-0.3, -0.25) is 14.1 Å². The first-order valence-electron chi connectivity index (χ1n) is 10.6. The SMILES string of the molecule is Cc1nccc(CNc2nc(Nc3ccc4c(c3)CC(=O)N4)ncc2C(F)(F)F)c1N(C)S(C)(=O)=O. The first-order valence-corrected chi connectivity index (χ1v) is 12.4. The highest BCUT2D eigenvalue weighted by molar-refractivity contribution is 7.92. The maximum Gasteiger partial charge on any atom is 0.421 e. The van der Waals surface area contributed by atoms with Gasteiger partial charge in [-0.25, -0.2) is 13.4 Å². The van der Waals surface area contributed by atoms with Crippen molar-refractivity contribution in [3.63, 3.8) is 0 Å². The standard InChI is InChI=1S/C22H22F3N7O3S/c1-12-19(32(2)36(3,34)35)13(6-7-26-12)10-27-20-16(22(23,24)25)11-28-21(31-20)29-15-4-5-17-14(8-15)9-18(33)30-17/h4-8,11H,9-10H2,1-3H3,(H,30,33)(H2,27,28,29,31). The van der Waals surface area contributed by atoms with E-state index >= 15 is 0 Å². The predicted molar refractivity (Wildman–Crippen MR) is 129 cm³/mol. The smallest absolute Gasteiger partial charge is 0.365 e. The molecule has 14 heteroatoms. The third-order valence-electron chi connectivity index (χ3n) is 5.53. The predicted octanol–water partition coefficient (Wildman–Crippen LogP) is 3.44. The van der Waals surface area contributed by atoms with E-state index in [-0.39, 0.29) is 30.5 Å². The lowest BCUT2D eigenvalue weighted by Crippen LogP contribution is -2.27. The van der Waals surface area contributed by atoms with Crippen LogP contribution in [0.2, 0.25) is 0 Å². The molecule has 0 radical (unpaired) electrons. The number of anilines is 5. The highest BCUT2D eigenvalue weighted by atomic mass is 32.2. The van der Waals surface area contributed by atoms with Gasteiger partial charge in [0.15, 0.2) is 0 Å². The summed E-state index contributed by atoms with van der Waals surface area (Å²) in [5.41, 5.74) is 1.89. The number of amides is 1. The Labute approximate surface area is 205 Å². The van der Waals surface area contributed by atoms with Crippen LogP contribution in [-0.2, 0) is 34.0 Å². The van der Waals surface area contributed by atoms with E-state index in [1.807, 2.05) is 0 Å². The molecule has 0 aliphatic carbocycles. The van der Waals surface area contributed by atoms with Crippen LogP contribution < -0.4 is 20.3 Å². The molecule has 4 rings (SSSR count). The summed E-state index contributed by atoms with van der Waals surface area (Å²) >= 11 is 0. The van der Waals surface area contributed by atoms with Crippen molar-refractivity contribution >= 4 is 44.8 Å². The molecule has 0 saturated carbocycles. The molecule has 2 aromatic heterocycles. The van der Waals surface area contributed by atoms with Gasteiger partial charge >= 0.3 is 6.18 Å². The van der Waals surface area contributed by atoms with E-state index in [4.69, 9.17) is 0 Å². The maximum atomic E-state index is 13.7. The number of hydrogen-bond donors (Lipinski definition) is 3. The maximum absolute atomic E-state index is 13.7. The van der Waals surface area contributed by atoms with Crippen molar-refractivity contribution in [3.05, 3.63) is 59.0 Å². The number of aromatic nitrogens is 3. The number of hydrogen-bond acceptors (Lipinski definition) is 8. The number of benzene rings is 1. The van der Waals surface area contributed by atoms with Crippen molar-refractivity contribution in [3.8, 4) is 0 Å². The molecule has 1 aromatic carbocycles. The fourth-order valence-electron chi connectivity index (χ4n) is 3.75. The molecule has 0 spiro atoms. The number of nitrogens with zero attached hydrogens (tertiary/aromatic N) is 4. The average molecular weight is 522 g/mol. The Morgan fingerprint density at radius 2 is 1.94 bits per heavy atom. The molecular formula is C22H22F3N7O3S. The number of carbonyl (C=O) groups is 1. The van der Waals surface area contributed by atoms with Gasteiger partial charge in [0.25, 0.3) is 0 Å². The molecule has 0 fully saturated rings. The van der Waals surface area contributed by atoms with Crippen molar-refractivity contribution in [1.82, 2.24) is 15.0 Å². The van der Waals surface area contributed by atoms with E-state index < -0.39 is 27.6 Å². The lowest BCUT2D eigenvalue weighted by molar-refractivity contribution is -0.137. The fourth-order valence-corrected chi connectivity index (χ4v) is 4.33. The Kier molecular flexibility index (Phi) is 6.47. The zero-order valence-electron chi connectivity index (χ0n) is 19.4. The van der Waals surface area contributed by atoms with Gasteiger partial charge in [0.1, 0.15) is 11.4 Å². The van der Waals surface area contributed by atoms with Crippen LogP contribution in [0.15, 0.2) is 36.7 Å². The summed E-state index contributed by atoms with van der Waals surface area (Å²) in [5, 5.41) is 8.23. The van der Waals surface area contributed by atoms with E-state index in [2.05, 4.69) is 30.9 Å². The minimum absolute atomic E-state index is 0.0953. The average Bonchev–Trinajstić information content (AvgIpc) is 3.15. The van der Waals surface area contributed by atoms with Crippen LogP contribution >= 0.6 is 0 Å². The third kappa shape index (κ3) is 5.32. The zero-order chi connectivity index (χ0) is 26.3. The van der Waals surface area contributed by atoms with Crippen LogP contribution in [0, 0.1) is 6.92 Å². The molecule has 1 amide bonds. The summed E-state index contributed by atoms with van der Waals surface area (Å²) in [5.74, 6) is -0.728. The number of pyridine rings is 1. The second-order valence-corrected chi connectivity index (χ2v) is 10.2. The third-order valence-corrected chi connectivity index (χ3v) is 6.71. The summed E-state index contributed by atoms with van der Waals surface area (Å²) in [7, 11) is -2.30. The molecule has 0 bridgehead atoms. The highest BCUT2D eigenvalue weighted by Gasteiger charge is 2.35. The summed E-state index contributed by atoms with van der Waals surface area (Å²) in [6, 6.07) is 6.53. The lowest BCUT2D eigenvalue weighted by atomic mass is 10.1. The van der Waals surface area contributed by atoms with Crippen molar-refractivity contribution in [2.45, 2.75) is 26.1 Å².